The summed E-state index contributed by atoms with van der Waals surface area (Å²) in [4.78, 5) is 11.4. The first-order chi connectivity index (χ1) is 14.0. The zero-order chi connectivity index (χ0) is 20.4. The lowest BCUT2D eigenvalue weighted by Gasteiger charge is -2.37. The molecule has 3 aromatic heterocycles. The fraction of sp³-hybridized carbons (Fsp3) is 0.333. The molecular formula is C21H25N7O. The maximum atomic E-state index is 10.4. The molecule has 0 spiro atoms. The number of H-pyrrole nitrogens is 1. The van der Waals surface area contributed by atoms with E-state index in [1.165, 1.54) is 6.21 Å². The standard InChI is InChI=1S/C21H25N7O/c1-21(29)7-4-8-28(13-21)19-6-3-5-16(25-19)20-15-9-17(14(10-22)11-23-2)24-12-18(15)26-27-20/h3,5-6,9-12,22-23,29H,4,7-8,13H2,1-2H3,(H,26,27)/b14-11+,22-10?/t21-/m1/s1. The Bertz CT molecular complexity index is 1070. The molecule has 0 amide bonds. The molecular weight excluding hydrogens is 366 g/mol. The summed E-state index contributed by atoms with van der Waals surface area (Å²) in [6, 6.07) is 7.79. The van der Waals surface area contributed by atoms with Crippen LogP contribution in [0.3, 0.4) is 0 Å². The van der Waals surface area contributed by atoms with Crippen LogP contribution in [0.4, 0.5) is 5.82 Å². The number of aliphatic hydroxyl groups is 1. The maximum Gasteiger partial charge on any atom is 0.129 e. The smallest absolute Gasteiger partial charge is 0.129 e. The highest BCUT2D eigenvalue weighted by atomic mass is 16.3. The third-order valence-corrected chi connectivity index (χ3v) is 5.17. The van der Waals surface area contributed by atoms with Crippen molar-refractivity contribution in [3.05, 3.63) is 42.4 Å². The van der Waals surface area contributed by atoms with Crippen molar-refractivity contribution < 1.29 is 5.11 Å². The van der Waals surface area contributed by atoms with Gasteiger partial charge in [-0.1, -0.05) is 6.07 Å². The van der Waals surface area contributed by atoms with Crippen molar-refractivity contribution in [3.8, 4) is 11.4 Å². The van der Waals surface area contributed by atoms with Gasteiger partial charge in [-0.25, -0.2) is 4.98 Å². The number of allylic oxidation sites excluding steroid dienone is 1. The van der Waals surface area contributed by atoms with Gasteiger partial charge in [0, 0.05) is 43.5 Å². The first-order valence-electron chi connectivity index (χ1n) is 9.68. The molecule has 0 saturated carbocycles. The molecule has 29 heavy (non-hydrogen) atoms. The van der Waals surface area contributed by atoms with Gasteiger partial charge in [0.05, 0.1) is 28.7 Å². The zero-order valence-corrected chi connectivity index (χ0v) is 16.6. The summed E-state index contributed by atoms with van der Waals surface area (Å²) in [6.45, 7) is 3.31. The quantitative estimate of drug-likeness (QED) is 0.497. The first kappa shape index (κ1) is 19.1. The molecule has 8 heteroatoms. The van der Waals surface area contributed by atoms with E-state index < -0.39 is 5.60 Å². The number of rotatable bonds is 5. The van der Waals surface area contributed by atoms with Crippen LogP contribution in [0.25, 0.3) is 27.9 Å². The van der Waals surface area contributed by atoms with Crippen LogP contribution in [-0.2, 0) is 0 Å². The molecule has 1 saturated heterocycles. The number of piperidine rings is 1. The Morgan fingerprint density at radius 1 is 1.41 bits per heavy atom. The number of hydrogen-bond acceptors (Lipinski definition) is 7. The van der Waals surface area contributed by atoms with E-state index in [1.54, 1.807) is 19.4 Å². The van der Waals surface area contributed by atoms with Crippen LogP contribution in [0.1, 0.15) is 25.5 Å². The van der Waals surface area contributed by atoms with Gasteiger partial charge in [-0.15, -0.1) is 0 Å². The average molecular weight is 391 g/mol. The summed E-state index contributed by atoms with van der Waals surface area (Å²) in [5.74, 6) is 0.836. The Balaban J connectivity index is 1.73. The number of fused-ring (bicyclic) bond motifs is 1. The predicted molar refractivity (Wildman–Crippen MR) is 115 cm³/mol. The van der Waals surface area contributed by atoms with Crippen molar-refractivity contribution in [1.82, 2.24) is 25.5 Å². The molecule has 150 valence electrons. The van der Waals surface area contributed by atoms with Crippen LogP contribution in [0.5, 0.6) is 0 Å². The van der Waals surface area contributed by atoms with Crippen LogP contribution >= 0.6 is 0 Å². The molecule has 4 rings (SSSR count). The minimum atomic E-state index is -0.696. The number of anilines is 1. The Kier molecular flexibility index (Phi) is 5.02. The lowest BCUT2D eigenvalue weighted by Crippen LogP contribution is -2.46. The number of hydrogen-bond donors (Lipinski definition) is 4. The van der Waals surface area contributed by atoms with Gasteiger partial charge >= 0.3 is 0 Å². The van der Waals surface area contributed by atoms with Gasteiger partial charge in [0.2, 0.25) is 0 Å². The lowest BCUT2D eigenvalue weighted by molar-refractivity contribution is 0.0447. The van der Waals surface area contributed by atoms with E-state index in [0.29, 0.717) is 17.8 Å². The van der Waals surface area contributed by atoms with Crippen molar-refractivity contribution in [3.63, 3.8) is 0 Å². The monoisotopic (exact) mass is 391 g/mol. The van der Waals surface area contributed by atoms with E-state index in [2.05, 4.69) is 25.4 Å². The van der Waals surface area contributed by atoms with Gasteiger partial charge in [0.1, 0.15) is 11.5 Å². The number of pyridine rings is 2. The largest absolute Gasteiger partial charge is 0.393 e. The van der Waals surface area contributed by atoms with Gasteiger partial charge in [-0.3, -0.25) is 10.1 Å². The SMILES string of the molecule is CN/C=C(\C=N)c1cc2c(-c3cccc(N4CCC[C@@](C)(O)C4)n3)n[nH]c2cn1. The molecule has 1 aliphatic heterocycles. The van der Waals surface area contributed by atoms with Gasteiger partial charge in [0.15, 0.2) is 0 Å². The molecule has 0 aliphatic carbocycles. The molecule has 4 N–H and O–H groups in total. The Morgan fingerprint density at radius 2 is 2.28 bits per heavy atom. The lowest BCUT2D eigenvalue weighted by atomic mass is 9.95. The van der Waals surface area contributed by atoms with Crippen LogP contribution < -0.4 is 10.2 Å². The molecule has 0 aromatic carbocycles. The highest BCUT2D eigenvalue weighted by Gasteiger charge is 2.29. The van der Waals surface area contributed by atoms with E-state index in [9.17, 15) is 5.11 Å². The van der Waals surface area contributed by atoms with Crippen molar-refractivity contribution in [1.29, 1.82) is 5.41 Å². The van der Waals surface area contributed by atoms with Gasteiger partial charge in [-0.2, -0.15) is 5.10 Å². The third-order valence-electron chi connectivity index (χ3n) is 5.17. The van der Waals surface area contributed by atoms with Gasteiger partial charge < -0.3 is 20.7 Å². The van der Waals surface area contributed by atoms with Gasteiger partial charge in [-0.05, 0) is 38.0 Å². The van der Waals surface area contributed by atoms with Gasteiger partial charge in [0.25, 0.3) is 0 Å². The topological polar surface area (TPSA) is 114 Å². The summed E-state index contributed by atoms with van der Waals surface area (Å²) in [7, 11) is 1.79. The van der Waals surface area contributed by atoms with E-state index in [0.717, 1.165) is 47.5 Å². The third kappa shape index (κ3) is 3.84. The van der Waals surface area contributed by atoms with Crippen molar-refractivity contribution in [2.24, 2.45) is 0 Å². The summed E-state index contributed by atoms with van der Waals surface area (Å²) in [5.41, 5.74) is 2.98. The van der Waals surface area contributed by atoms with E-state index in [1.807, 2.05) is 31.2 Å². The van der Waals surface area contributed by atoms with Crippen molar-refractivity contribution in [2.75, 3.05) is 25.0 Å². The van der Waals surface area contributed by atoms with Crippen LogP contribution in [0, 0.1) is 5.41 Å². The second kappa shape index (κ2) is 7.63. The molecule has 0 radical (unpaired) electrons. The second-order valence-electron chi connectivity index (χ2n) is 7.62. The summed E-state index contributed by atoms with van der Waals surface area (Å²) < 4.78 is 0. The molecule has 4 heterocycles. The fourth-order valence-electron chi connectivity index (χ4n) is 3.76. The average Bonchev–Trinajstić information content (AvgIpc) is 3.14. The number of nitrogens with zero attached hydrogens (tertiary/aromatic N) is 4. The van der Waals surface area contributed by atoms with Crippen molar-refractivity contribution in [2.45, 2.75) is 25.4 Å². The minimum Gasteiger partial charge on any atom is -0.393 e. The first-order valence-corrected chi connectivity index (χ1v) is 9.68. The molecule has 1 atom stereocenters. The Hall–Kier alpha value is -3.26. The molecule has 1 fully saturated rings. The highest BCUT2D eigenvalue weighted by molar-refractivity contribution is 6.08. The molecule has 3 aromatic rings. The zero-order valence-electron chi connectivity index (χ0n) is 16.6. The number of aromatic amines is 1. The van der Waals surface area contributed by atoms with E-state index in [4.69, 9.17) is 10.4 Å². The summed E-state index contributed by atoms with van der Waals surface area (Å²) in [5, 5.41) is 29.4. The van der Waals surface area contributed by atoms with Crippen molar-refractivity contribution >= 4 is 28.5 Å². The maximum absolute atomic E-state index is 10.4. The number of β-amino-alcohol motifs (C(OH)–C–C–N with tert-alkyl or cyclic N) is 1. The number of aromatic nitrogens is 4. The Morgan fingerprint density at radius 3 is 3.03 bits per heavy atom. The molecule has 1 aliphatic rings. The summed E-state index contributed by atoms with van der Waals surface area (Å²) >= 11 is 0. The molecule has 8 nitrogen and oxygen atoms in total. The fourth-order valence-corrected chi connectivity index (χ4v) is 3.76. The molecule has 0 bridgehead atoms. The van der Waals surface area contributed by atoms with Crippen LogP contribution in [0.15, 0.2) is 36.7 Å². The molecule has 0 unspecified atom stereocenters. The van der Waals surface area contributed by atoms with E-state index in [-0.39, 0.29) is 0 Å². The van der Waals surface area contributed by atoms with E-state index >= 15 is 0 Å². The van der Waals surface area contributed by atoms with Crippen LogP contribution in [-0.4, -0.2) is 57.2 Å². The normalized spacial score (nSPS) is 20.1. The predicted octanol–water partition coefficient (Wildman–Crippen LogP) is 2.58. The minimum absolute atomic E-state index is 0.566. The number of nitrogens with one attached hydrogen (secondary N) is 3. The Labute approximate surface area is 169 Å². The second-order valence-corrected chi connectivity index (χ2v) is 7.62. The highest BCUT2D eigenvalue weighted by Crippen LogP contribution is 2.29. The van der Waals surface area contributed by atoms with Crippen LogP contribution in [0.2, 0.25) is 0 Å². The summed E-state index contributed by atoms with van der Waals surface area (Å²) in [6.07, 6.45) is 6.47.